The molecule has 1 saturated carbocycles. The number of hydrogen-bond acceptors (Lipinski definition) is 4. The van der Waals surface area contributed by atoms with Gasteiger partial charge in [0.25, 0.3) is 0 Å². The van der Waals surface area contributed by atoms with Crippen LogP contribution < -0.4 is 10.6 Å². The lowest BCUT2D eigenvalue weighted by molar-refractivity contribution is 0.439. The molecule has 1 aromatic rings. The zero-order valence-corrected chi connectivity index (χ0v) is 14.4. The van der Waals surface area contributed by atoms with E-state index in [2.05, 4.69) is 50.2 Å². The Bertz CT molecular complexity index is 490. The van der Waals surface area contributed by atoms with E-state index in [0.717, 1.165) is 41.4 Å². The Labute approximate surface area is 129 Å². The molecule has 1 heterocycles. The van der Waals surface area contributed by atoms with Crippen molar-refractivity contribution in [3.63, 3.8) is 0 Å². The van der Waals surface area contributed by atoms with E-state index in [0.29, 0.717) is 0 Å². The summed E-state index contributed by atoms with van der Waals surface area (Å²) < 4.78 is 0. The average molecular weight is 290 g/mol. The van der Waals surface area contributed by atoms with Gasteiger partial charge in [-0.25, -0.2) is 9.97 Å². The Hall–Kier alpha value is -1.32. The number of nitrogens with zero attached hydrogens (tertiary/aromatic N) is 2. The molecule has 4 heteroatoms. The minimum absolute atomic E-state index is 0.0453. The molecule has 0 saturated heterocycles. The van der Waals surface area contributed by atoms with Crippen molar-refractivity contribution in [2.45, 2.75) is 59.3 Å². The van der Waals surface area contributed by atoms with Crippen LogP contribution in [0, 0.1) is 18.8 Å². The second kappa shape index (κ2) is 6.20. The van der Waals surface area contributed by atoms with Gasteiger partial charge in [0.1, 0.15) is 17.5 Å². The van der Waals surface area contributed by atoms with Gasteiger partial charge in [0.05, 0.1) is 0 Å². The molecule has 0 radical (unpaired) electrons. The maximum absolute atomic E-state index is 4.78. The third kappa shape index (κ3) is 3.66. The van der Waals surface area contributed by atoms with Crippen molar-refractivity contribution in [2.75, 3.05) is 24.2 Å². The third-order valence-electron chi connectivity index (χ3n) is 4.62. The standard InChI is InChI=1S/C17H30N4/c1-11-8-7-9-13(11)10-19-15-12(2)14(18-6)20-16(21-15)17(3,4)5/h11,13H,7-10H2,1-6H3,(H2,18,19,20,21). The molecule has 0 bridgehead atoms. The van der Waals surface area contributed by atoms with Crippen molar-refractivity contribution in [1.82, 2.24) is 9.97 Å². The Kier molecular flexibility index (Phi) is 4.74. The van der Waals surface area contributed by atoms with E-state index < -0.39 is 0 Å². The molecule has 0 aliphatic heterocycles. The van der Waals surface area contributed by atoms with Crippen molar-refractivity contribution < 1.29 is 0 Å². The quantitative estimate of drug-likeness (QED) is 0.881. The van der Waals surface area contributed by atoms with Gasteiger partial charge in [-0.1, -0.05) is 40.5 Å². The van der Waals surface area contributed by atoms with E-state index in [1.54, 1.807) is 0 Å². The normalized spacial score (nSPS) is 22.4. The highest BCUT2D eigenvalue weighted by Crippen LogP contribution is 2.32. The first-order valence-electron chi connectivity index (χ1n) is 8.13. The smallest absolute Gasteiger partial charge is 0.138 e. The first kappa shape index (κ1) is 16.1. The minimum atomic E-state index is -0.0453. The zero-order valence-electron chi connectivity index (χ0n) is 14.4. The van der Waals surface area contributed by atoms with Crippen LogP contribution in [0.25, 0.3) is 0 Å². The van der Waals surface area contributed by atoms with Crippen LogP contribution in [0.2, 0.25) is 0 Å². The number of rotatable bonds is 4. The number of hydrogen-bond donors (Lipinski definition) is 2. The predicted octanol–water partition coefficient (Wildman–Crippen LogP) is 3.97. The summed E-state index contributed by atoms with van der Waals surface area (Å²) in [6, 6.07) is 0. The molecule has 2 unspecified atom stereocenters. The van der Waals surface area contributed by atoms with Crippen molar-refractivity contribution in [1.29, 1.82) is 0 Å². The first-order chi connectivity index (χ1) is 9.82. The molecule has 1 aromatic heterocycles. The molecule has 21 heavy (non-hydrogen) atoms. The van der Waals surface area contributed by atoms with Gasteiger partial charge in [0.15, 0.2) is 0 Å². The van der Waals surface area contributed by atoms with E-state index in [-0.39, 0.29) is 5.41 Å². The Morgan fingerprint density at radius 2 is 1.81 bits per heavy atom. The molecule has 2 rings (SSSR count). The Balaban J connectivity index is 2.21. The third-order valence-corrected chi connectivity index (χ3v) is 4.62. The highest BCUT2D eigenvalue weighted by Gasteiger charge is 2.24. The van der Waals surface area contributed by atoms with Crippen LogP contribution >= 0.6 is 0 Å². The van der Waals surface area contributed by atoms with Gasteiger partial charge >= 0.3 is 0 Å². The summed E-state index contributed by atoms with van der Waals surface area (Å²) in [5.74, 6) is 4.40. The molecule has 0 aromatic carbocycles. The van der Waals surface area contributed by atoms with Gasteiger partial charge in [0, 0.05) is 24.6 Å². The van der Waals surface area contributed by atoms with Crippen molar-refractivity contribution >= 4 is 11.6 Å². The molecule has 0 amide bonds. The van der Waals surface area contributed by atoms with Crippen molar-refractivity contribution in [3.8, 4) is 0 Å². The van der Waals surface area contributed by atoms with Crippen LogP contribution in [0.3, 0.4) is 0 Å². The van der Waals surface area contributed by atoms with Crippen LogP contribution in [0.4, 0.5) is 11.6 Å². The summed E-state index contributed by atoms with van der Waals surface area (Å²) in [6.45, 7) is 11.9. The van der Waals surface area contributed by atoms with E-state index in [9.17, 15) is 0 Å². The molecule has 0 spiro atoms. The summed E-state index contributed by atoms with van der Waals surface area (Å²) in [4.78, 5) is 9.43. The van der Waals surface area contributed by atoms with Crippen LogP contribution in [-0.4, -0.2) is 23.6 Å². The highest BCUT2D eigenvalue weighted by molar-refractivity contribution is 5.57. The predicted molar refractivity (Wildman–Crippen MR) is 90.0 cm³/mol. The molecule has 2 N–H and O–H groups in total. The maximum Gasteiger partial charge on any atom is 0.138 e. The average Bonchev–Trinajstić information content (AvgIpc) is 2.82. The molecule has 1 aliphatic carbocycles. The fraction of sp³-hybridized carbons (Fsp3) is 0.765. The molecular weight excluding hydrogens is 260 g/mol. The lowest BCUT2D eigenvalue weighted by Gasteiger charge is -2.22. The summed E-state index contributed by atoms with van der Waals surface area (Å²) >= 11 is 0. The zero-order chi connectivity index (χ0) is 15.6. The van der Waals surface area contributed by atoms with Gasteiger partial charge < -0.3 is 10.6 Å². The molecule has 1 aliphatic rings. The monoisotopic (exact) mass is 290 g/mol. The second-order valence-electron chi connectivity index (χ2n) is 7.42. The van der Waals surface area contributed by atoms with E-state index in [1.165, 1.54) is 19.3 Å². The molecule has 118 valence electrons. The minimum Gasteiger partial charge on any atom is -0.373 e. The lowest BCUT2D eigenvalue weighted by Crippen LogP contribution is -2.22. The molecular formula is C17H30N4. The van der Waals surface area contributed by atoms with Crippen LogP contribution in [0.1, 0.15) is 58.3 Å². The van der Waals surface area contributed by atoms with Gasteiger partial charge in [-0.2, -0.15) is 0 Å². The fourth-order valence-corrected chi connectivity index (χ4v) is 3.02. The summed E-state index contributed by atoms with van der Waals surface area (Å²) in [5, 5.41) is 6.78. The van der Waals surface area contributed by atoms with E-state index in [4.69, 9.17) is 4.98 Å². The molecule has 2 atom stereocenters. The Morgan fingerprint density at radius 3 is 2.33 bits per heavy atom. The van der Waals surface area contributed by atoms with Gasteiger partial charge in [-0.05, 0) is 25.2 Å². The number of anilines is 2. The second-order valence-corrected chi connectivity index (χ2v) is 7.42. The number of nitrogens with one attached hydrogen (secondary N) is 2. The summed E-state index contributed by atoms with van der Waals surface area (Å²) in [7, 11) is 1.92. The van der Waals surface area contributed by atoms with Crippen LogP contribution in [0.15, 0.2) is 0 Å². The summed E-state index contributed by atoms with van der Waals surface area (Å²) in [5.41, 5.74) is 1.06. The first-order valence-corrected chi connectivity index (χ1v) is 8.13. The number of aromatic nitrogens is 2. The van der Waals surface area contributed by atoms with Crippen LogP contribution in [0.5, 0.6) is 0 Å². The van der Waals surface area contributed by atoms with Gasteiger partial charge in [0.2, 0.25) is 0 Å². The maximum atomic E-state index is 4.78. The fourth-order valence-electron chi connectivity index (χ4n) is 3.02. The molecule has 4 nitrogen and oxygen atoms in total. The Morgan fingerprint density at radius 1 is 1.14 bits per heavy atom. The highest BCUT2D eigenvalue weighted by atomic mass is 15.1. The van der Waals surface area contributed by atoms with Crippen LogP contribution in [-0.2, 0) is 5.41 Å². The largest absolute Gasteiger partial charge is 0.373 e. The topological polar surface area (TPSA) is 49.8 Å². The van der Waals surface area contributed by atoms with E-state index >= 15 is 0 Å². The SMILES string of the molecule is CNc1nc(C(C)(C)C)nc(NCC2CCCC2C)c1C. The molecule has 1 fully saturated rings. The van der Waals surface area contributed by atoms with Crippen molar-refractivity contribution in [3.05, 3.63) is 11.4 Å². The lowest BCUT2D eigenvalue weighted by atomic mass is 9.95. The van der Waals surface area contributed by atoms with Crippen molar-refractivity contribution in [2.24, 2.45) is 11.8 Å². The summed E-state index contributed by atoms with van der Waals surface area (Å²) in [6.07, 6.45) is 4.07. The van der Waals surface area contributed by atoms with Gasteiger partial charge in [-0.15, -0.1) is 0 Å². The van der Waals surface area contributed by atoms with E-state index in [1.807, 2.05) is 7.05 Å². The van der Waals surface area contributed by atoms with Gasteiger partial charge in [-0.3, -0.25) is 0 Å².